The minimum Gasteiger partial charge on any atom is -0.481 e. The average Bonchev–Trinajstić information content (AvgIpc) is 2.14. The van der Waals surface area contributed by atoms with Crippen molar-refractivity contribution in [3.8, 4) is 0 Å². The molecule has 0 aliphatic heterocycles. The first-order chi connectivity index (χ1) is 8.29. The highest BCUT2D eigenvalue weighted by Crippen LogP contribution is 1.93. The SMILES string of the molecule is CC(=O)O.C\C=C/C=C\C(=C\C(=O)O)NC(C)=O. The Morgan fingerprint density at radius 1 is 1.06 bits per heavy atom. The first-order valence-corrected chi connectivity index (χ1v) is 5.00. The van der Waals surface area contributed by atoms with Gasteiger partial charge in [-0.25, -0.2) is 4.79 Å². The molecule has 6 heteroatoms. The van der Waals surface area contributed by atoms with Crippen LogP contribution in [0.4, 0.5) is 0 Å². The molecule has 0 saturated carbocycles. The summed E-state index contributed by atoms with van der Waals surface area (Å²) in [7, 11) is 0. The topological polar surface area (TPSA) is 104 Å². The van der Waals surface area contributed by atoms with Gasteiger partial charge in [0.2, 0.25) is 5.91 Å². The van der Waals surface area contributed by atoms with Crippen molar-refractivity contribution >= 4 is 17.8 Å². The summed E-state index contributed by atoms with van der Waals surface area (Å²) in [5, 5.41) is 18.3. The summed E-state index contributed by atoms with van der Waals surface area (Å²) in [6.45, 7) is 4.24. The third kappa shape index (κ3) is 19.2. The maximum Gasteiger partial charge on any atom is 0.330 e. The van der Waals surface area contributed by atoms with Crippen LogP contribution >= 0.6 is 0 Å². The average molecular weight is 255 g/mol. The van der Waals surface area contributed by atoms with Gasteiger partial charge in [0, 0.05) is 25.6 Å². The molecule has 1 amide bonds. The van der Waals surface area contributed by atoms with Crippen LogP contribution in [0, 0.1) is 0 Å². The van der Waals surface area contributed by atoms with Crippen LogP contribution in [0.2, 0.25) is 0 Å². The van der Waals surface area contributed by atoms with Gasteiger partial charge >= 0.3 is 5.97 Å². The molecule has 3 N–H and O–H groups in total. The number of carbonyl (C=O) groups excluding carboxylic acids is 1. The molecular formula is C12H17NO5. The maximum atomic E-state index is 10.7. The molecule has 6 nitrogen and oxygen atoms in total. The Bertz CT molecular complexity index is 376. The predicted molar refractivity (Wildman–Crippen MR) is 66.8 cm³/mol. The van der Waals surface area contributed by atoms with Crippen molar-refractivity contribution in [1.29, 1.82) is 0 Å². The highest BCUT2D eigenvalue weighted by Gasteiger charge is 1.97. The van der Waals surface area contributed by atoms with E-state index in [0.29, 0.717) is 0 Å². The molecule has 0 saturated heterocycles. The number of hydrogen-bond acceptors (Lipinski definition) is 3. The van der Waals surface area contributed by atoms with E-state index < -0.39 is 11.9 Å². The fourth-order valence-corrected chi connectivity index (χ4v) is 0.732. The zero-order valence-corrected chi connectivity index (χ0v) is 10.5. The van der Waals surface area contributed by atoms with E-state index >= 15 is 0 Å². The van der Waals surface area contributed by atoms with E-state index in [2.05, 4.69) is 5.32 Å². The van der Waals surface area contributed by atoms with Gasteiger partial charge in [-0.05, 0) is 13.0 Å². The lowest BCUT2D eigenvalue weighted by atomic mass is 10.3. The standard InChI is InChI=1S/C10H13NO3.C2H4O2/c1-3-4-5-6-9(7-10(13)14)11-8(2)12;1-2(3)4/h3-7H,1-2H3,(H,11,12)(H,13,14);1H3,(H,3,4)/b4-3-,6-5-,9-7-;. The van der Waals surface area contributed by atoms with Crippen LogP contribution in [0.15, 0.2) is 36.1 Å². The third-order valence-corrected chi connectivity index (χ3v) is 1.18. The monoisotopic (exact) mass is 255 g/mol. The Morgan fingerprint density at radius 2 is 1.56 bits per heavy atom. The van der Waals surface area contributed by atoms with Gasteiger partial charge < -0.3 is 15.5 Å². The Balaban J connectivity index is 0. The summed E-state index contributed by atoms with van der Waals surface area (Å²) >= 11 is 0. The first kappa shape index (κ1) is 18.0. The maximum absolute atomic E-state index is 10.7. The van der Waals surface area contributed by atoms with Gasteiger partial charge in [0.05, 0.1) is 0 Å². The number of allylic oxidation sites excluding steroid dienone is 4. The van der Waals surface area contributed by atoms with E-state index in [9.17, 15) is 9.59 Å². The molecule has 0 atom stereocenters. The largest absolute Gasteiger partial charge is 0.481 e. The van der Waals surface area contributed by atoms with Gasteiger partial charge in [-0.15, -0.1) is 0 Å². The molecule has 0 radical (unpaired) electrons. The molecule has 0 heterocycles. The van der Waals surface area contributed by atoms with Crippen LogP contribution in [-0.2, 0) is 14.4 Å². The van der Waals surface area contributed by atoms with Gasteiger partial charge in [-0.3, -0.25) is 9.59 Å². The van der Waals surface area contributed by atoms with E-state index in [-0.39, 0.29) is 11.6 Å². The van der Waals surface area contributed by atoms with Crippen LogP contribution < -0.4 is 5.32 Å². The van der Waals surface area contributed by atoms with Gasteiger partial charge in [0.15, 0.2) is 0 Å². The first-order valence-electron chi connectivity index (χ1n) is 5.00. The predicted octanol–water partition coefficient (Wildman–Crippen LogP) is 1.31. The molecule has 100 valence electrons. The second-order valence-corrected chi connectivity index (χ2v) is 3.02. The molecule has 18 heavy (non-hydrogen) atoms. The molecule has 0 aromatic rings. The van der Waals surface area contributed by atoms with Gasteiger partial charge in [0.25, 0.3) is 5.97 Å². The summed E-state index contributed by atoms with van der Waals surface area (Å²) in [6.07, 6.45) is 7.61. The van der Waals surface area contributed by atoms with Crippen molar-refractivity contribution in [3.05, 3.63) is 36.1 Å². The normalized spacial score (nSPS) is 10.9. The van der Waals surface area contributed by atoms with E-state index in [1.54, 1.807) is 18.2 Å². The molecule has 0 bridgehead atoms. The minimum atomic E-state index is -1.10. The molecule has 0 aliphatic rings. The summed E-state index contributed by atoms with van der Waals surface area (Å²) in [5.74, 6) is -2.23. The fraction of sp³-hybridized carbons (Fsp3) is 0.250. The van der Waals surface area contributed by atoms with Gasteiger partial charge in [-0.1, -0.05) is 18.2 Å². The number of carbonyl (C=O) groups is 3. The number of hydrogen-bond donors (Lipinski definition) is 3. The van der Waals surface area contributed by atoms with Crippen LogP contribution in [0.5, 0.6) is 0 Å². The van der Waals surface area contributed by atoms with Crippen molar-refractivity contribution in [2.75, 3.05) is 0 Å². The second-order valence-electron chi connectivity index (χ2n) is 3.02. The van der Waals surface area contributed by atoms with Gasteiger partial charge in [0.1, 0.15) is 0 Å². The lowest BCUT2D eigenvalue weighted by Gasteiger charge is -2.00. The highest BCUT2D eigenvalue weighted by atomic mass is 16.4. The number of carboxylic acids is 2. The van der Waals surface area contributed by atoms with Crippen molar-refractivity contribution < 1.29 is 24.6 Å². The summed E-state index contributed by atoms with van der Waals surface area (Å²) in [4.78, 5) is 30.0. The van der Waals surface area contributed by atoms with Crippen molar-refractivity contribution in [1.82, 2.24) is 5.32 Å². The molecule has 0 aromatic carbocycles. The van der Waals surface area contributed by atoms with Crippen LogP contribution in [-0.4, -0.2) is 28.1 Å². The molecule has 0 rings (SSSR count). The number of rotatable bonds is 4. The number of carboxylic acid groups (broad SMARTS) is 2. The quantitative estimate of drug-likeness (QED) is 0.519. The Hall–Kier alpha value is -2.37. The zero-order chi connectivity index (χ0) is 14.6. The van der Waals surface area contributed by atoms with E-state index in [4.69, 9.17) is 15.0 Å². The number of nitrogens with one attached hydrogen (secondary N) is 1. The highest BCUT2D eigenvalue weighted by molar-refractivity contribution is 5.83. The van der Waals surface area contributed by atoms with Crippen molar-refractivity contribution in [2.24, 2.45) is 0 Å². The molecule has 0 aromatic heterocycles. The van der Waals surface area contributed by atoms with Crippen LogP contribution in [0.1, 0.15) is 20.8 Å². The molecular weight excluding hydrogens is 238 g/mol. The van der Waals surface area contributed by atoms with Crippen molar-refractivity contribution in [2.45, 2.75) is 20.8 Å². The zero-order valence-electron chi connectivity index (χ0n) is 10.5. The number of aliphatic carboxylic acids is 2. The molecule has 0 spiro atoms. The Morgan fingerprint density at radius 3 is 1.89 bits per heavy atom. The van der Waals surface area contributed by atoms with Crippen LogP contribution in [0.25, 0.3) is 0 Å². The van der Waals surface area contributed by atoms with Gasteiger partial charge in [-0.2, -0.15) is 0 Å². The summed E-state index contributed by atoms with van der Waals surface area (Å²) in [5.41, 5.74) is 0.253. The summed E-state index contributed by atoms with van der Waals surface area (Å²) in [6, 6.07) is 0. The van der Waals surface area contributed by atoms with Crippen LogP contribution in [0.3, 0.4) is 0 Å². The van der Waals surface area contributed by atoms with E-state index in [0.717, 1.165) is 13.0 Å². The smallest absolute Gasteiger partial charge is 0.330 e. The molecule has 0 unspecified atom stereocenters. The molecule has 0 aliphatic carbocycles. The Labute approximate surface area is 105 Å². The lowest BCUT2D eigenvalue weighted by Crippen LogP contribution is -2.18. The molecule has 0 fully saturated rings. The van der Waals surface area contributed by atoms with E-state index in [1.165, 1.54) is 13.0 Å². The second kappa shape index (κ2) is 11.1. The fourth-order valence-electron chi connectivity index (χ4n) is 0.732. The lowest BCUT2D eigenvalue weighted by molar-refractivity contribution is -0.134. The number of amides is 1. The Kier molecular flexibility index (Phi) is 11.1. The summed E-state index contributed by atoms with van der Waals surface area (Å²) < 4.78 is 0. The minimum absolute atomic E-state index is 0.253. The third-order valence-electron chi connectivity index (χ3n) is 1.18. The van der Waals surface area contributed by atoms with E-state index in [1.807, 2.05) is 6.92 Å². The van der Waals surface area contributed by atoms with Crippen molar-refractivity contribution in [3.63, 3.8) is 0 Å².